The van der Waals surface area contributed by atoms with Crippen LogP contribution >= 0.6 is 22.9 Å². The zero-order chi connectivity index (χ0) is 21.6. The molecule has 0 aliphatic carbocycles. The smallest absolute Gasteiger partial charge is 0.248 e. The van der Waals surface area contributed by atoms with E-state index in [2.05, 4.69) is 5.32 Å². The van der Waals surface area contributed by atoms with E-state index >= 15 is 0 Å². The van der Waals surface area contributed by atoms with Crippen LogP contribution in [0.2, 0.25) is 5.02 Å². The molecule has 0 saturated heterocycles. The van der Waals surface area contributed by atoms with Crippen molar-refractivity contribution in [3.8, 4) is 27.6 Å². The molecule has 1 N–H and O–H groups in total. The van der Waals surface area contributed by atoms with Crippen LogP contribution in [0, 0.1) is 0 Å². The number of hydrogen-bond acceptors (Lipinski definition) is 4. The number of thiazole rings is 1. The van der Waals surface area contributed by atoms with Crippen molar-refractivity contribution in [3.63, 3.8) is 0 Å². The highest BCUT2D eigenvalue weighted by Gasteiger charge is 2.10. The molecule has 0 aliphatic rings. The van der Waals surface area contributed by atoms with Crippen molar-refractivity contribution in [2.24, 2.45) is 0 Å². The Morgan fingerprint density at radius 1 is 1.06 bits per heavy atom. The first-order valence-electron chi connectivity index (χ1n) is 9.56. The summed E-state index contributed by atoms with van der Waals surface area (Å²) in [7, 11) is 1.62. The van der Waals surface area contributed by atoms with Crippen molar-refractivity contribution < 1.29 is 9.53 Å². The first kappa shape index (κ1) is 20.8. The van der Waals surface area contributed by atoms with Crippen molar-refractivity contribution in [2.45, 2.75) is 0 Å². The average Bonchev–Trinajstić information content (AvgIpc) is 3.29. The van der Waals surface area contributed by atoms with E-state index < -0.39 is 0 Å². The molecule has 4 rings (SSSR count). The van der Waals surface area contributed by atoms with Gasteiger partial charge in [0.15, 0.2) is 0 Å². The molecule has 4 nitrogen and oxygen atoms in total. The highest BCUT2D eigenvalue weighted by molar-refractivity contribution is 7.13. The number of aromatic nitrogens is 1. The van der Waals surface area contributed by atoms with Crippen LogP contribution in [0.15, 0.2) is 84.3 Å². The molecule has 31 heavy (non-hydrogen) atoms. The van der Waals surface area contributed by atoms with Gasteiger partial charge in [0.25, 0.3) is 0 Å². The summed E-state index contributed by atoms with van der Waals surface area (Å²) in [6.07, 6.45) is 3.27. The molecule has 0 bridgehead atoms. The lowest BCUT2D eigenvalue weighted by molar-refractivity contribution is -0.111. The molecule has 0 aliphatic heterocycles. The zero-order valence-corrected chi connectivity index (χ0v) is 18.3. The number of anilines is 1. The van der Waals surface area contributed by atoms with Gasteiger partial charge in [0.1, 0.15) is 10.8 Å². The second-order valence-corrected chi connectivity index (χ2v) is 7.96. The average molecular weight is 447 g/mol. The Labute approximate surface area is 189 Å². The Morgan fingerprint density at radius 3 is 2.65 bits per heavy atom. The summed E-state index contributed by atoms with van der Waals surface area (Å²) in [5.74, 6) is 0.571. The van der Waals surface area contributed by atoms with E-state index in [1.807, 2.05) is 78.2 Å². The van der Waals surface area contributed by atoms with Gasteiger partial charge < -0.3 is 10.1 Å². The Kier molecular flexibility index (Phi) is 6.46. The van der Waals surface area contributed by atoms with Crippen LogP contribution in [0.25, 0.3) is 27.9 Å². The fraction of sp³-hybridized carbons (Fsp3) is 0.0400. The molecular weight excluding hydrogens is 428 g/mol. The van der Waals surface area contributed by atoms with E-state index in [4.69, 9.17) is 21.3 Å². The van der Waals surface area contributed by atoms with Crippen LogP contribution in [-0.2, 0) is 4.79 Å². The van der Waals surface area contributed by atoms with Gasteiger partial charge in [0.2, 0.25) is 5.91 Å². The Hall–Kier alpha value is -3.41. The molecule has 0 saturated carbocycles. The normalized spacial score (nSPS) is 10.9. The number of halogens is 1. The van der Waals surface area contributed by atoms with Crippen LogP contribution in [0.3, 0.4) is 0 Å². The molecule has 0 radical (unpaired) electrons. The summed E-state index contributed by atoms with van der Waals surface area (Å²) in [6, 6.07) is 22.8. The fourth-order valence-corrected chi connectivity index (χ4v) is 4.14. The van der Waals surface area contributed by atoms with Crippen LogP contribution in [0.5, 0.6) is 5.75 Å². The van der Waals surface area contributed by atoms with Crippen molar-refractivity contribution >= 4 is 40.6 Å². The number of methoxy groups -OCH3 is 1. The van der Waals surface area contributed by atoms with Crippen molar-refractivity contribution in [1.82, 2.24) is 4.98 Å². The molecule has 1 amide bonds. The number of carbonyl (C=O) groups is 1. The number of amides is 1. The predicted molar refractivity (Wildman–Crippen MR) is 129 cm³/mol. The first-order valence-corrected chi connectivity index (χ1v) is 10.8. The van der Waals surface area contributed by atoms with Crippen LogP contribution in [0.1, 0.15) is 5.56 Å². The lowest BCUT2D eigenvalue weighted by Gasteiger charge is -2.05. The van der Waals surface area contributed by atoms with E-state index in [9.17, 15) is 4.79 Å². The summed E-state index contributed by atoms with van der Waals surface area (Å²) in [6.45, 7) is 0. The minimum atomic E-state index is -0.206. The van der Waals surface area contributed by atoms with E-state index in [0.29, 0.717) is 10.7 Å². The highest BCUT2D eigenvalue weighted by Crippen LogP contribution is 2.33. The van der Waals surface area contributed by atoms with Gasteiger partial charge in [-0.1, -0.05) is 54.1 Å². The number of nitrogens with zero attached hydrogens (tertiary/aromatic N) is 1. The number of benzene rings is 3. The third-order valence-electron chi connectivity index (χ3n) is 4.58. The maximum atomic E-state index is 12.3. The van der Waals surface area contributed by atoms with Crippen molar-refractivity contribution in [2.75, 3.05) is 12.4 Å². The molecule has 0 fully saturated rings. The maximum absolute atomic E-state index is 12.3. The molecule has 0 spiro atoms. The van der Waals surface area contributed by atoms with E-state index in [-0.39, 0.29) is 5.91 Å². The third kappa shape index (κ3) is 5.20. The first-order chi connectivity index (χ1) is 15.1. The van der Waals surface area contributed by atoms with E-state index in [1.54, 1.807) is 13.2 Å². The quantitative estimate of drug-likeness (QED) is 0.332. The molecule has 0 atom stereocenters. The minimum Gasteiger partial charge on any atom is -0.497 e. The van der Waals surface area contributed by atoms with E-state index in [1.165, 1.54) is 17.4 Å². The molecule has 6 heteroatoms. The molecule has 1 heterocycles. The number of carbonyl (C=O) groups excluding carboxylic acids is 1. The van der Waals surface area contributed by atoms with Gasteiger partial charge in [-0.2, -0.15) is 0 Å². The molecule has 0 unspecified atom stereocenters. The number of rotatable bonds is 6. The summed E-state index contributed by atoms with van der Waals surface area (Å²) in [5.41, 5.74) is 4.29. The fourth-order valence-electron chi connectivity index (χ4n) is 2.99. The Morgan fingerprint density at radius 2 is 1.87 bits per heavy atom. The van der Waals surface area contributed by atoms with Gasteiger partial charge in [0, 0.05) is 28.3 Å². The highest BCUT2D eigenvalue weighted by atomic mass is 35.5. The summed E-state index contributed by atoms with van der Waals surface area (Å²) in [4.78, 5) is 17.1. The van der Waals surface area contributed by atoms with Crippen LogP contribution in [0.4, 0.5) is 5.69 Å². The lowest BCUT2D eigenvalue weighted by atomic mass is 10.1. The molecular formula is C25H19ClN2O2S. The van der Waals surface area contributed by atoms with Gasteiger partial charge in [-0.15, -0.1) is 11.3 Å². The van der Waals surface area contributed by atoms with Crippen molar-refractivity contribution in [1.29, 1.82) is 0 Å². The summed E-state index contributed by atoms with van der Waals surface area (Å²) >= 11 is 7.83. The topological polar surface area (TPSA) is 51.2 Å². The number of nitrogens with one attached hydrogen (secondary N) is 1. The number of ether oxygens (including phenoxy) is 1. The second-order valence-electron chi connectivity index (χ2n) is 6.69. The summed E-state index contributed by atoms with van der Waals surface area (Å²) < 4.78 is 5.14. The molecule has 3 aromatic carbocycles. The molecule has 4 aromatic rings. The molecule has 1 aromatic heterocycles. The predicted octanol–water partition coefficient (Wildman–Crippen LogP) is 6.79. The zero-order valence-electron chi connectivity index (χ0n) is 16.7. The minimum absolute atomic E-state index is 0.206. The lowest BCUT2D eigenvalue weighted by Crippen LogP contribution is -2.07. The van der Waals surface area contributed by atoms with Gasteiger partial charge in [-0.05, 0) is 42.0 Å². The van der Waals surface area contributed by atoms with Crippen molar-refractivity contribution in [3.05, 3.63) is 94.8 Å². The van der Waals surface area contributed by atoms with Gasteiger partial charge >= 0.3 is 0 Å². The number of hydrogen-bond donors (Lipinski definition) is 1. The standard InChI is InChI=1S/C25H19ClN2O2S/c1-30-20-12-9-17(10-13-20)11-14-24(29)27-19-6-4-5-18(15-19)23-16-31-25(28-23)21-7-2-3-8-22(21)26/h2-16H,1H3,(H,27,29)/b14-11+. The van der Waals surface area contributed by atoms with Crippen LogP contribution in [-0.4, -0.2) is 18.0 Å². The molecule has 154 valence electrons. The Bertz CT molecular complexity index is 1230. The largest absolute Gasteiger partial charge is 0.497 e. The monoisotopic (exact) mass is 446 g/mol. The maximum Gasteiger partial charge on any atom is 0.248 e. The van der Waals surface area contributed by atoms with Gasteiger partial charge in [0.05, 0.1) is 17.8 Å². The van der Waals surface area contributed by atoms with Gasteiger partial charge in [-0.3, -0.25) is 4.79 Å². The van der Waals surface area contributed by atoms with E-state index in [0.717, 1.165) is 33.1 Å². The summed E-state index contributed by atoms with van der Waals surface area (Å²) in [5, 5.41) is 6.42. The van der Waals surface area contributed by atoms with Crippen LogP contribution < -0.4 is 10.1 Å². The van der Waals surface area contributed by atoms with Gasteiger partial charge in [-0.25, -0.2) is 4.98 Å². The Balaban J connectivity index is 1.46. The second kappa shape index (κ2) is 9.60. The third-order valence-corrected chi connectivity index (χ3v) is 5.78. The SMILES string of the molecule is COc1ccc(/C=C/C(=O)Nc2cccc(-c3csc(-c4ccccc4Cl)n3)c2)cc1.